The molecule has 0 N–H and O–H groups in total. The maximum atomic E-state index is 11.6. The first kappa shape index (κ1) is 20.8. The fourth-order valence-electron chi connectivity index (χ4n) is 2.48. The average Bonchev–Trinajstić information content (AvgIpc) is 2.51. The zero-order chi connectivity index (χ0) is 19.3. The Labute approximate surface area is 169 Å². The molecule has 9 heteroatoms. The summed E-state index contributed by atoms with van der Waals surface area (Å²) in [6, 6.07) is 7.39. The zero-order valence-electron chi connectivity index (χ0n) is 14.5. The molecule has 1 aromatic carbocycles. The summed E-state index contributed by atoms with van der Waals surface area (Å²) < 4.78 is 22.9. The van der Waals surface area contributed by atoms with Crippen molar-refractivity contribution in [3.63, 3.8) is 0 Å². The Kier molecular flexibility index (Phi) is 7.56. The van der Waals surface area contributed by atoms with Crippen LogP contribution in [0.5, 0.6) is 5.75 Å². The van der Waals surface area contributed by atoms with E-state index in [9.17, 15) is 14.4 Å². The van der Waals surface area contributed by atoms with Crippen LogP contribution < -0.4 is 4.74 Å². The molecule has 1 aliphatic rings. The largest absolute Gasteiger partial charge is 0.476 e. The average molecular weight is 494 g/mol. The van der Waals surface area contributed by atoms with Crippen molar-refractivity contribution in [2.45, 2.75) is 44.5 Å². The molecule has 0 saturated carbocycles. The Balaban J connectivity index is 2.27. The molecule has 1 aliphatic heterocycles. The monoisotopic (exact) mass is 494 g/mol. The summed E-state index contributed by atoms with van der Waals surface area (Å²) in [6.07, 6.45) is -2.60. The van der Waals surface area contributed by atoms with E-state index in [-0.39, 0.29) is 0 Å². The van der Waals surface area contributed by atoms with Crippen LogP contribution in [-0.2, 0) is 28.6 Å². The van der Waals surface area contributed by atoms with Crippen LogP contribution in [-0.4, -0.2) is 47.4 Å². The molecular weight excluding hydrogens is 475 g/mol. The lowest BCUT2D eigenvalue weighted by molar-refractivity contribution is -0.186. The Morgan fingerprint density at radius 1 is 1.00 bits per heavy atom. The van der Waals surface area contributed by atoms with Crippen molar-refractivity contribution >= 4 is 52.3 Å². The minimum absolute atomic E-state index is 0.337. The highest BCUT2D eigenvalue weighted by molar-refractivity contribution is 14.1. The van der Waals surface area contributed by atoms with E-state index in [4.69, 9.17) is 18.9 Å². The van der Waals surface area contributed by atoms with E-state index < -0.39 is 41.7 Å². The molecule has 0 aromatic heterocycles. The van der Waals surface area contributed by atoms with Gasteiger partial charge in [-0.3, -0.25) is 14.4 Å². The van der Waals surface area contributed by atoms with Gasteiger partial charge in [0, 0.05) is 30.1 Å². The van der Waals surface area contributed by atoms with Gasteiger partial charge in [-0.1, -0.05) is 6.07 Å². The van der Waals surface area contributed by atoms with Crippen molar-refractivity contribution in [1.82, 2.24) is 0 Å². The number of thioether (sulfide) groups is 1. The molecule has 7 nitrogen and oxygen atoms in total. The molecule has 26 heavy (non-hydrogen) atoms. The number of hydrogen-bond donors (Lipinski definition) is 0. The van der Waals surface area contributed by atoms with E-state index in [2.05, 4.69) is 22.6 Å². The normalized spacial score (nSPS) is 25.1. The molecule has 1 heterocycles. The van der Waals surface area contributed by atoms with Gasteiger partial charge in [0.05, 0.1) is 0 Å². The highest BCUT2D eigenvalue weighted by atomic mass is 127. The van der Waals surface area contributed by atoms with Gasteiger partial charge in [-0.25, -0.2) is 0 Å². The second kappa shape index (κ2) is 9.45. The minimum atomic E-state index is -0.950. The summed E-state index contributed by atoms with van der Waals surface area (Å²) in [5, 5.41) is 0. The second-order valence-electron chi connectivity index (χ2n) is 5.57. The van der Waals surface area contributed by atoms with Crippen molar-refractivity contribution in [3.8, 4) is 5.75 Å². The van der Waals surface area contributed by atoms with Gasteiger partial charge in [-0.05, 0) is 40.8 Å². The van der Waals surface area contributed by atoms with E-state index in [1.165, 1.54) is 32.5 Å². The molecule has 0 aliphatic carbocycles. The third kappa shape index (κ3) is 6.04. The topological polar surface area (TPSA) is 88.1 Å². The maximum absolute atomic E-state index is 11.6. The fourth-order valence-corrected chi connectivity index (χ4v) is 4.22. The molecular formula is C17H19IO7S. The predicted molar refractivity (Wildman–Crippen MR) is 103 cm³/mol. The Morgan fingerprint density at radius 3 is 2.19 bits per heavy atom. The van der Waals surface area contributed by atoms with Crippen LogP contribution in [0.25, 0.3) is 0 Å². The number of esters is 3. The van der Waals surface area contributed by atoms with Gasteiger partial charge in [0.15, 0.2) is 23.7 Å². The molecule has 1 saturated heterocycles. The zero-order valence-corrected chi connectivity index (χ0v) is 17.4. The maximum Gasteiger partial charge on any atom is 0.303 e. The lowest BCUT2D eigenvalue weighted by Crippen LogP contribution is -2.55. The molecule has 1 aromatic rings. The summed E-state index contributed by atoms with van der Waals surface area (Å²) in [7, 11) is 0. The van der Waals surface area contributed by atoms with Crippen molar-refractivity contribution in [2.24, 2.45) is 0 Å². The Morgan fingerprint density at radius 2 is 1.62 bits per heavy atom. The second-order valence-corrected chi connectivity index (χ2v) is 7.95. The summed E-state index contributed by atoms with van der Waals surface area (Å²) in [4.78, 5) is 34.5. The quantitative estimate of drug-likeness (QED) is 0.351. The number of carbonyl (C=O) groups excluding carboxylic acids is 3. The van der Waals surface area contributed by atoms with Gasteiger partial charge in [0.1, 0.15) is 5.75 Å². The summed E-state index contributed by atoms with van der Waals surface area (Å²) in [5.74, 6) is -0.689. The van der Waals surface area contributed by atoms with E-state index >= 15 is 0 Å². The molecule has 1 fully saturated rings. The number of rotatable bonds is 5. The summed E-state index contributed by atoms with van der Waals surface area (Å²) in [5.41, 5.74) is -0.617. The number of carbonyl (C=O) groups is 3. The van der Waals surface area contributed by atoms with Crippen molar-refractivity contribution in [1.29, 1.82) is 0 Å². The first-order valence-corrected chi connectivity index (χ1v) is 9.94. The summed E-state index contributed by atoms with van der Waals surface area (Å²) >= 11 is 3.49. The van der Waals surface area contributed by atoms with Gasteiger partial charge in [0.2, 0.25) is 0 Å². The van der Waals surface area contributed by atoms with Crippen LogP contribution in [0.1, 0.15) is 20.8 Å². The minimum Gasteiger partial charge on any atom is -0.476 e. The van der Waals surface area contributed by atoms with E-state index in [0.29, 0.717) is 11.5 Å². The first-order chi connectivity index (χ1) is 12.3. The van der Waals surface area contributed by atoms with Crippen LogP contribution in [0.3, 0.4) is 0 Å². The fraction of sp³-hybridized carbons (Fsp3) is 0.471. The third-order valence-electron chi connectivity index (χ3n) is 3.35. The van der Waals surface area contributed by atoms with Crippen LogP contribution in [0.2, 0.25) is 0 Å². The van der Waals surface area contributed by atoms with Crippen molar-refractivity contribution in [2.75, 3.05) is 5.75 Å². The van der Waals surface area contributed by atoms with Gasteiger partial charge in [0.25, 0.3) is 0 Å². The molecule has 0 bridgehead atoms. The number of hydrogen-bond acceptors (Lipinski definition) is 8. The first-order valence-electron chi connectivity index (χ1n) is 7.81. The van der Waals surface area contributed by atoms with Crippen molar-refractivity contribution < 1.29 is 33.3 Å². The third-order valence-corrected chi connectivity index (χ3v) is 5.24. The van der Waals surface area contributed by atoms with Crippen LogP contribution in [0.4, 0.5) is 0 Å². The van der Waals surface area contributed by atoms with E-state index in [1.807, 2.05) is 18.2 Å². The molecule has 142 valence electrons. The van der Waals surface area contributed by atoms with Crippen LogP contribution in [0, 0.1) is 3.57 Å². The number of benzene rings is 1. The Bertz CT molecular complexity index is 681. The molecule has 2 rings (SSSR count). The van der Waals surface area contributed by atoms with Gasteiger partial charge >= 0.3 is 17.9 Å². The van der Waals surface area contributed by atoms with E-state index in [0.717, 1.165) is 3.57 Å². The van der Waals surface area contributed by atoms with Crippen LogP contribution in [0.15, 0.2) is 24.3 Å². The lowest BCUT2D eigenvalue weighted by atomic mass is 10.1. The highest BCUT2D eigenvalue weighted by Gasteiger charge is 2.47. The predicted octanol–water partition coefficient (Wildman–Crippen LogP) is 2.54. The highest BCUT2D eigenvalue weighted by Crippen LogP contribution is 2.34. The number of halogens is 1. The van der Waals surface area contributed by atoms with Crippen molar-refractivity contribution in [3.05, 3.63) is 27.8 Å². The standard InChI is InChI=1S/C17H19IO7S/c1-9(19)22-14-8-26-17(25-13-6-4-5-12(18)7-13)16(24-11(3)21)15(14)23-10(2)20/h4-7,14-17H,8H2,1-3H3/t14-,15+,16-,17+/m1/s1. The van der Waals surface area contributed by atoms with Crippen LogP contribution >= 0.6 is 34.4 Å². The molecule has 0 amide bonds. The van der Waals surface area contributed by atoms with Gasteiger partial charge in [-0.2, -0.15) is 0 Å². The number of ether oxygens (including phenoxy) is 4. The Hall–Kier alpha value is -1.49. The summed E-state index contributed by atoms with van der Waals surface area (Å²) in [6.45, 7) is 3.77. The van der Waals surface area contributed by atoms with Gasteiger partial charge < -0.3 is 18.9 Å². The van der Waals surface area contributed by atoms with Gasteiger partial charge in [-0.15, -0.1) is 11.8 Å². The molecule has 4 atom stereocenters. The SMILES string of the molecule is CC(=O)O[C@@H]1[C@@H](OC(C)=O)[C@@H](Oc2cccc(I)c2)SC[C@H]1OC(C)=O. The van der Waals surface area contributed by atoms with E-state index in [1.54, 1.807) is 6.07 Å². The molecule has 0 radical (unpaired) electrons. The lowest BCUT2D eigenvalue weighted by Gasteiger charge is -2.39. The molecule has 0 unspecified atom stereocenters. The molecule has 0 spiro atoms. The smallest absolute Gasteiger partial charge is 0.303 e.